The average Bonchev–Trinajstić information content (AvgIpc) is 3.05. The Kier molecular flexibility index (Phi) is 2.58. The number of aryl methyl sites for hydroxylation is 1. The molecular formula is C16H24N4O. The summed E-state index contributed by atoms with van der Waals surface area (Å²) in [5, 5.41) is 11.9. The van der Waals surface area contributed by atoms with Crippen LogP contribution in [0.4, 0.5) is 5.82 Å². The fraction of sp³-hybridized carbons (Fsp3) is 0.812. The first-order valence-corrected chi connectivity index (χ1v) is 8.16. The molecule has 0 spiro atoms. The molecule has 1 aromatic heterocycles. The summed E-state index contributed by atoms with van der Waals surface area (Å²) in [6, 6.07) is 0.341. The normalized spacial score (nSPS) is 36.0. The Morgan fingerprint density at radius 1 is 1.29 bits per heavy atom. The highest BCUT2D eigenvalue weighted by Gasteiger charge is 2.61. The van der Waals surface area contributed by atoms with Crippen LogP contribution < -0.4 is 10.9 Å². The number of rotatable bonds is 2. The topological polar surface area (TPSA) is 59.8 Å². The van der Waals surface area contributed by atoms with Crippen LogP contribution in [0.1, 0.15) is 52.3 Å². The molecule has 2 saturated carbocycles. The van der Waals surface area contributed by atoms with E-state index in [0.29, 0.717) is 17.3 Å². The minimum atomic E-state index is 0.0154. The van der Waals surface area contributed by atoms with Crippen molar-refractivity contribution >= 4 is 5.82 Å². The molecule has 0 aromatic carbocycles. The quantitative estimate of drug-likeness (QED) is 0.906. The summed E-state index contributed by atoms with van der Waals surface area (Å²) in [5.41, 5.74) is 0.599. The molecule has 114 valence electrons. The Balaban J connectivity index is 1.65. The van der Waals surface area contributed by atoms with Gasteiger partial charge in [-0.25, -0.2) is 0 Å². The van der Waals surface area contributed by atoms with Gasteiger partial charge in [0.25, 0.3) is 5.56 Å². The number of hydrogen-bond donors (Lipinski definition) is 1. The first kappa shape index (κ1) is 13.3. The van der Waals surface area contributed by atoms with E-state index >= 15 is 0 Å². The van der Waals surface area contributed by atoms with Crippen LogP contribution in [-0.2, 0) is 13.0 Å². The van der Waals surface area contributed by atoms with Crippen LogP contribution in [0.2, 0.25) is 0 Å². The summed E-state index contributed by atoms with van der Waals surface area (Å²) in [4.78, 5) is 12.5. The summed E-state index contributed by atoms with van der Waals surface area (Å²) in [5.74, 6) is 2.05. The van der Waals surface area contributed by atoms with E-state index in [1.807, 2.05) is 0 Å². The third kappa shape index (κ3) is 1.60. The molecule has 3 atom stereocenters. The maximum absolute atomic E-state index is 12.5. The number of aromatic nitrogens is 3. The van der Waals surface area contributed by atoms with E-state index < -0.39 is 0 Å². The van der Waals surface area contributed by atoms with Crippen LogP contribution in [0.25, 0.3) is 0 Å². The molecule has 5 heteroatoms. The molecule has 1 aromatic rings. The second kappa shape index (κ2) is 4.08. The monoisotopic (exact) mass is 288 g/mol. The highest BCUT2D eigenvalue weighted by molar-refractivity contribution is 5.35. The maximum atomic E-state index is 12.5. The Hall–Kier alpha value is -1.39. The fourth-order valence-corrected chi connectivity index (χ4v) is 4.94. The Morgan fingerprint density at radius 2 is 2.10 bits per heavy atom. The summed E-state index contributed by atoms with van der Waals surface area (Å²) < 4.78 is 1.79. The van der Waals surface area contributed by atoms with Gasteiger partial charge < -0.3 is 5.32 Å². The van der Waals surface area contributed by atoms with Crippen molar-refractivity contribution in [2.75, 3.05) is 5.32 Å². The van der Waals surface area contributed by atoms with Crippen molar-refractivity contribution < 1.29 is 0 Å². The lowest BCUT2D eigenvalue weighted by atomic mass is 9.69. The van der Waals surface area contributed by atoms with Crippen LogP contribution in [0.5, 0.6) is 0 Å². The zero-order valence-electron chi connectivity index (χ0n) is 13.1. The van der Waals surface area contributed by atoms with Gasteiger partial charge >= 0.3 is 0 Å². The van der Waals surface area contributed by atoms with E-state index in [4.69, 9.17) is 0 Å². The largest absolute Gasteiger partial charge is 0.361 e. The third-order valence-corrected chi connectivity index (χ3v) is 6.91. The molecule has 2 bridgehead atoms. The van der Waals surface area contributed by atoms with Gasteiger partial charge in [0, 0.05) is 19.0 Å². The van der Waals surface area contributed by atoms with Crippen molar-refractivity contribution in [1.82, 2.24) is 14.8 Å². The van der Waals surface area contributed by atoms with Crippen LogP contribution >= 0.6 is 0 Å². The van der Waals surface area contributed by atoms with Gasteiger partial charge in [0.2, 0.25) is 5.82 Å². The number of nitrogens with zero attached hydrogens (tertiary/aromatic N) is 3. The smallest absolute Gasteiger partial charge is 0.296 e. The molecule has 2 aliphatic carbocycles. The van der Waals surface area contributed by atoms with Gasteiger partial charge in [-0.3, -0.25) is 9.36 Å². The molecule has 0 saturated heterocycles. The Bertz CT molecular complexity index is 650. The lowest BCUT2D eigenvalue weighted by Crippen LogP contribution is -2.42. The Morgan fingerprint density at radius 3 is 2.76 bits per heavy atom. The second-order valence-electron chi connectivity index (χ2n) is 7.83. The molecule has 1 N–H and O–H groups in total. The number of hydrogen-bond acceptors (Lipinski definition) is 4. The highest BCUT2D eigenvalue weighted by atomic mass is 16.1. The van der Waals surface area contributed by atoms with Gasteiger partial charge in [0.15, 0.2) is 0 Å². The molecule has 0 radical (unpaired) electrons. The number of anilines is 1. The second-order valence-corrected chi connectivity index (χ2v) is 7.83. The minimum absolute atomic E-state index is 0.0154. The van der Waals surface area contributed by atoms with Crippen LogP contribution in [0, 0.1) is 16.7 Å². The van der Waals surface area contributed by atoms with E-state index in [9.17, 15) is 4.79 Å². The van der Waals surface area contributed by atoms with Crippen molar-refractivity contribution in [2.45, 2.75) is 65.5 Å². The highest BCUT2D eigenvalue weighted by Crippen LogP contribution is 2.65. The fourth-order valence-electron chi connectivity index (χ4n) is 4.94. The van der Waals surface area contributed by atoms with E-state index in [-0.39, 0.29) is 11.0 Å². The molecule has 2 heterocycles. The van der Waals surface area contributed by atoms with Crippen LogP contribution in [-0.4, -0.2) is 20.8 Å². The summed E-state index contributed by atoms with van der Waals surface area (Å²) >= 11 is 0. The number of fused-ring (bicyclic) bond motifs is 3. The van der Waals surface area contributed by atoms with Crippen molar-refractivity contribution in [3.63, 3.8) is 0 Å². The van der Waals surface area contributed by atoms with Gasteiger partial charge in [-0.1, -0.05) is 20.8 Å². The van der Waals surface area contributed by atoms with Gasteiger partial charge in [0.1, 0.15) is 5.82 Å². The zero-order valence-corrected chi connectivity index (χ0v) is 13.1. The molecule has 3 aliphatic rings. The predicted octanol–water partition coefficient (Wildman–Crippen LogP) is 2.21. The Labute approximate surface area is 125 Å². The summed E-state index contributed by atoms with van der Waals surface area (Å²) in [7, 11) is 0. The van der Waals surface area contributed by atoms with Gasteiger partial charge in [0.05, 0.1) is 0 Å². The molecule has 2 fully saturated rings. The number of nitrogens with one attached hydrogen (secondary N) is 1. The molecule has 0 unspecified atom stereocenters. The predicted molar refractivity (Wildman–Crippen MR) is 81.3 cm³/mol. The van der Waals surface area contributed by atoms with Crippen molar-refractivity contribution in [3.8, 4) is 0 Å². The van der Waals surface area contributed by atoms with Crippen molar-refractivity contribution in [2.24, 2.45) is 16.7 Å². The van der Waals surface area contributed by atoms with Gasteiger partial charge in [-0.05, 0) is 42.4 Å². The first-order chi connectivity index (χ1) is 9.93. The van der Waals surface area contributed by atoms with Crippen LogP contribution in [0.3, 0.4) is 0 Å². The molecule has 0 amide bonds. The van der Waals surface area contributed by atoms with Crippen LogP contribution in [0.15, 0.2) is 4.79 Å². The average molecular weight is 288 g/mol. The molecule has 5 nitrogen and oxygen atoms in total. The minimum Gasteiger partial charge on any atom is -0.361 e. The van der Waals surface area contributed by atoms with Gasteiger partial charge in [-0.2, -0.15) is 0 Å². The summed E-state index contributed by atoms with van der Waals surface area (Å²) in [6.45, 7) is 7.92. The molecule has 21 heavy (non-hydrogen) atoms. The lowest BCUT2D eigenvalue weighted by molar-refractivity contribution is 0.142. The maximum Gasteiger partial charge on any atom is 0.296 e. The first-order valence-electron chi connectivity index (χ1n) is 8.16. The van der Waals surface area contributed by atoms with E-state index in [1.165, 1.54) is 12.8 Å². The molecule has 4 rings (SSSR count). The molecular weight excluding hydrogens is 264 g/mol. The zero-order chi connectivity index (χ0) is 14.8. The lowest BCUT2D eigenvalue weighted by Gasteiger charge is -2.39. The molecule has 1 aliphatic heterocycles. The van der Waals surface area contributed by atoms with E-state index in [0.717, 1.165) is 37.5 Å². The van der Waals surface area contributed by atoms with E-state index in [2.05, 4.69) is 36.3 Å². The van der Waals surface area contributed by atoms with Gasteiger partial charge in [-0.15, -0.1) is 10.2 Å². The van der Waals surface area contributed by atoms with Crippen molar-refractivity contribution in [1.29, 1.82) is 0 Å². The summed E-state index contributed by atoms with van der Waals surface area (Å²) in [6.07, 6.45) is 5.58. The van der Waals surface area contributed by atoms with Crippen molar-refractivity contribution in [3.05, 3.63) is 16.2 Å². The SMILES string of the molecule is CC1(C)[C@@H]2CC[C@@]1(C)[C@H](Nc1nnc3n(c1=O)CCC3)C2. The third-order valence-electron chi connectivity index (χ3n) is 6.91. The standard InChI is InChI=1S/C16H24N4O/c1-15(2)10-6-7-16(15,3)11(9-10)17-13-14(21)20-8-4-5-12(20)18-19-13/h10-11H,4-9H2,1-3H3,(H,17,19)/t10-,11-,16+/m1/s1. The van der Waals surface area contributed by atoms with E-state index in [1.54, 1.807) is 4.57 Å².